The summed E-state index contributed by atoms with van der Waals surface area (Å²) in [4.78, 5) is 14.6. The van der Waals surface area contributed by atoms with Gasteiger partial charge in [-0.25, -0.2) is 0 Å². The molecule has 2 heterocycles. The quantitative estimate of drug-likeness (QED) is 0.937. The van der Waals surface area contributed by atoms with E-state index in [0.717, 1.165) is 36.3 Å². The van der Waals surface area contributed by atoms with Crippen molar-refractivity contribution in [2.24, 2.45) is 0 Å². The van der Waals surface area contributed by atoms with Crippen LogP contribution in [0.4, 0.5) is 0 Å². The molecule has 0 bridgehead atoms. The van der Waals surface area contributed by atoms with Gasteiger partial charge in [0.05, 0.1) is 36.8 Å². The number of benzene rings is 1. The van der Waals surface area contributed by atoms with Crippen LogP contribution in [0.1, 0.15) is 35.6 Å². The topological polar surface area (TPSA) is 82.0 Å². The number of ether oxygens (including phenoxy) is 1. The summed E-state index contributed by atoms with van der Waals surface area (Å²) in [5, 5.41) is 15.9. The molecule has 0 saturated carbocycles. The molecular weight excluding hydrogens is 304 g/mol. The highest BCUT2D eigenvalue weighted by Gasteiger charge is 2.38. The van der Waals surface area contributed by atoms with E-state index in [0.29, 0.717) is 18.7 Å². The molecule has 1 atom stereocenters. The van der Waals surface area contributed by atoms with Gasteiger partial charge >= 0.3 is 0 Å². The van der Waals surface area contributed by atoms with E-state index >= 15 is 0 Å². The fourth-order valence-corrected chi connectivity index (χ4v) is 3.43. The summed E-state index contributed by atoms with van der Waals surface area (Å²) in [6, 6.07) is 9.14. The minimum Gasteiger partial charge on any atom is -0.487 e. The van der Waals surface area contributed by atoms with Gasteiger partial charge in [-0.15, -0.1) is 0 Å². The van der Waals surface area contributed by atoms with Crippen LogP contribution in [0, 0.1) is 11.3 Å². The van der Waals surface area contributed by atoms with Crippen LogP contribution >= 0.6 is 0 Å². The number of aromatic nitrogens is 2. The first-order valence-electron chi connectivity index (χ1n) is 8.22. The number of likely N-dealkylation sites (tertiary alicyclic amines) is 1. The molecular formula is C18H18N4O2. The molecule has 0 radical (unpaired) electrons. The molecule has 1 aliphatic heterocycles. The Labute approximate surface area is 140 Å². The summed E-state index contributed by atoms with van der Waals surface area (Å²) < 4.78 is 5.85. The van der Waals surface area contributed by atoms with E-state index in [4.69, 9.17) is 10.00 Å². The number of fused-ring (bicyclic) bond motifs is 1. The minimum atomic E-state index is -0.0663. The molecule has 2 aliphatic rings. The zero-order valence-corrected chi connectivity index (χ0v) is 13.2. The van der Waals surface area contributed by atoms with Gasteiger partial charge in [-0.05, 0) is 43.5 Å². The Morgan fingerprint density at radius 2 is 2.12 bits per heavy atom. The first kappa shape index (κ1) is 14.8. The Bertz CT molecular complexity index is 784. The number of aryl methyl sites for hydroxylation is 1. The van der Waals surface area contributed by atoms with Gasteiger partial charge in [0, 0.05) is 11.3 Å². The SMILES string of the molecule is N#Cc1ccc(OC2CN(C(=O)C3CCCc4[nH]ncc43)C2)cc1. The zero-order valence-electron chi connectivity index (χ0n) is 13.2. The first-order chi connectivity index (χ1) is 11.7. The second kappa shape index (κ2) is 6.00. The third kappa shape index (κ3) is 2.62. The number of nitrogens with zero attached hydrogens (tertiary/aromatic N) is 3. The Kier molecular flexibility index (Phi) is 3.69. The van der Waals surface area contributed by atoms with Crippen LogP contribution in [0.15, 0.2) is 30.5 Å². The van der Waals surface area contributed by atoms with Gasteiger partial charge in [-0.1, -0.05) is 0 Å². The number of hydrogen-bond donors (Lipinski definition) is 1. The molecule has 6 heteroatoms. The number of H-pyrrole nitrogens is 1. The highest BCUT2D eigenvalue weighted by Crippen LogP contribution is 2.33. The number of rotatable bonds is 3. The largest absolute Gasteiger partial charge is 0.487 e. The molecule has 2 aromatic rings. The van der Waals surface area contributed by atoms with Crippen molar-refractivity contribution in [2.45, 2.75) is 31.3 Å². The molecule has 24 heavy (non-hydrogen) atoms. The minimum absolute atomic E-state index is 0.0225. The number of hydrogen-bond acceptors (Lipinski definition) is 4. The van der Waals surface area contributed by atoms with E-state index in [2.05, 4.69) is 16.3 Å². The van der Waals surface area contributed by atoms with Crippen molar-refractivity contribution < 1.29 is 9.53 Å². The Morgan fingerprint density at radius 3 is 2.88 bits per heavy atom. The molecule has 1 fully saturated rings. The lowest BCUT2D eigenvalue weighted by Gasteiger charge is -2.41. The highest BCUT2D eigenvalue weighted by atomic mass is 16.5. The average Bonchev–Trinajstić information content (AvgIpc) is 3.06. The molecule has 1 aromatic heterocycles. The van der Waals surface area contributed by atoms with Crippen molar-refractivity contribution in [3.63, 3.8) is 0 Å². The third-order valence-electron chi connectivity index (χ3n) is 4.79. The Balaban J connectivity index is 1.34. The number of amides is 1. The van der Waals surface area contributed by atoms with E-state index < -0.39 is 0 Å². The fourth-order valence-electron chi connectivity index (χ4n) is 3.43. The van der Waals surface area contributed by atoms with Gasteiger partial charge in [0.25, 0.3) is 0 Å². The summed E-state index contributed by atoms with van der Waals surface area (Å²) in [7, 11) is 0. The highest BCUT2D eigenvalue weighted by molar-refractivity contribution is 5.85. The second-order valence-electron chi connectivity index (χ2n) is 6.37. The normalized spacial score (nSPS) is 20.0. The van der Waals surface area contributed by atoms with Gasteiger partial charge in [-0.3, -0.25) is 9.89 Å². The third-order valence-corrected chi connectivity index (χ3v) is 4.79. The van der Waals surface area contributed by atoms with Crippen LogP contribution < -0.4 is 4.74 Å². The number of nitriles is 1. The van der Waals surface area contributed by atoms with Gasteiger partial charge < -0.3 is 9.64 Å². The summed E-state index contributed by atoms with van der Waals surface area (Å²) in [6.45, 7) is 1.23. The Morgan fingerprint density at radius 1 is 1.33 bits per heavy atom. The number of nitrogens with one attached hydrogen (secondary N) is 1. The van der Waals surface area contributed by atoms with Crippen LogP contribution in [0.5, 0.6) is 5.75 Å². The number of carbonyl (C=O) groups is 1. The van der Waals surface area contributed by atoms with Gasteiger partial charge in [0.15, 0.2) is 0 Å². The van der Waals surface area contributed by atoms with Crippen molar-refractivity contribution in [3.05, 3.63) is 47.3 Å². The predicted octanol–water partition coefficient (Wildman–Crippen LogP) is 1.99. The first-order valence-corrected chi connectivity index (χ1v) is 8.22. The van der Waals surface area contributed by atoms with E-state index in [1.807, 2.05) is 4.90 Å². The van der Waals surface area contributed by atoms with Crippen LogP contribution in [0.25, 0.3) is 0 Å². The van der Waals surface area contributed by atoms with Crippen molar-refractivity contribution in [1.29, 1.82) is 5.26 Å². The second-order valence-corrected chi connectivity index (χ2v) is 6.37. The molecule has 1 saturated heterocycles. The van der Waals surface area contributed by atoms with Crippen molar-refractivity contribution in [1.82, 2.24) is 15.1 Å². The van der Waals surface area contributed by atoms with Crippen LogP contribution in [0.3, 0.4) is 0 Å². The van der Waals surface area contributed by atoms with Crippen LogP contribution in [-0.4, -0.2) is 40.2 Å². The molecule has 122 valence electrons. The van der Waals surface area contributed by atoms with Crippen molar-refractivity contribution in [2.75, 3.05) is 13.1 Å². The van der Waals surface area contributed by atoms with Crippen molar-refractivity contribution >= 4 is 5.91 Å². The molecule has 4 rings (SSSR count). The van der Waals surface area contributed by atoms with Gasteiger partial charge in [0.1, 0.15) is 11.9 Å². The summed E-state index contributed by atoms with van der Waals surface area (Å²) in [6.07, 6.45) is 4.70. The van der Waals surface area contributed by atoms with E-state index in [1.165, 1.54) is 0 Å². The van der Waals surface area contributed by atoms with Crippen molar-refractivity contribution in [3.8, 4) is 11.8 Å². The van der Waals surface area contributed by atoms with E-state index in [9.17, 15) is 4.79 Å². The smallest absolute Gasteiger partial charge is 0.230 e. The molecule has 1 aromatic carbocycles. The summed E-state index contributed by atoms with van der Waals surface area (Å²) >= 11 is 0. The number of carbonyl (C=O) groups excluding carboxylic acids is 1. The lowest BCUT2D eigenvalue weighted by atomic mass is 9.85. The van der Waals surface area contributed by atoms with Crippen LogP contribution in [0.2, 0.25) is 0 Å². The zero-order chi connectivity index (χ0) is 16.5. The maximum atomic E-state index is 12.7. The maximum Gasteiger partial charge on any atom is 0.230 e. The van der Waals surface area contributed by atoms with E-state index in [1.54, 1.807) is 30.5 Å². The molecule has 0 spiro atoms. The molecule has 6 nitrogen and oxygen atoms in total. The summed E-state index contributed by atoms with van der Waals surface area (Å²) in [5.74, 6) is 0.848. The lowest BCUT2D eigenvalue weighted by molar-refractivity contribution is -0.142. The fraction of sp³-hybridized carbons (Fsp3) is 0.389. The maximum absolute atomic E-state index is 12.7. The summed E-state index contributed by atoms with van der Waals surface area (Å²) in [5.41, 5.74) is 2.77. The molecule has 1 N–H and O–H groups in total. The Hall–Kier alpha value is -2.81. The molecule has 1 unspecified atom stereocenters. The lowest BCUT2D eigenvalue weighted by Crippen LogP contribution is -2.57. The van der Waals surface area contributed by atoms with Gasteiger partial charge in [-0.2, -0.15) is 10.4 Å². The average molecular weight is 322 g/mol. The molecule has 1 amide bonds. The van der Waals surface area contributed by atoms with Gasteiger partial charge in [0.2, 0.25) is 5.91 Å². The van der Waals surface area contributed by atoms with Crippen LogP contribution in [-0.2, 0) is 11.2 Å². The monoisotopic (exact) mass is 322 g/mol. The molecule has 1 aliphatic carbocycles. The van der Waals surface area contributed by atoms with E-state index in [-0.39, 0.29) is 17.9 Å². The predicted molar refractivity (Wildman–Crippen MR) is 86.4 cm³/mol. The number of aromatic amines is 1. The standard InChI is InChI=1S/C18H18N4O2/c19-8-12-4-6-13(7-5-12)24-14-10-22(11-14)18(23)15-2-1-3-17-16(15)9-20-21-17/h4-7,9,14-15H,1-3,10-11H2,(H,20,21).